The first-order valence-electron chi connectivity index (χ1n) is 8.76. The first-order valence-corrected chi connectivity index (χ1v) is 9.14. The van der Waals surface area contributed by atoms with Gasteiger partial charge >= 0.3 is 5.97 Å². The minimum Gasteiger partial charge on any atom is -0.493 e. The lowest BCUT2D eigenvalue weighted by Crippen LogP contribution is -2.12. The molecule has 0 bridgehead atoms. The number of hydrogen-bond acceptors (Lipinski definition) is 5. The second-order valence-corrected chi connectivity index (χ2v) is 6.73. The highest BCUT2D eigenvalue weighted by atomic mass is 35.5. The summed E-state index contributed by atoms with van der Waals surface area (Å²) < 4.78 is 43.0. The van der Waals surface area contributed by atoms with Gasteiger partial charge < -0.3 is 19.5 Å². The summed E-state index contributed by atoms with van der Waals surface area (Å²) in [6.07, 6.45) is 2.42. The predicted octanol–water partition coefficient (Wildman–Crippen LogP) is 4.85. The van der Waals surface area contributed by atoms with Crippen molar-refractivity contribution in [2.45, 2.75) is 20.0 Å². The van der Waals surface area contributed by atoms with Crippen molar-refractivity contribution >= 4 is 35.2 Å². The van der Waals surface area contributed by atoms with Gasteiger partial charge in [0.25, 0.3) is 0 Å². The number of ether oxygens (including phenoxy) is 3. The van der Waals surface area contributed by atoms with Crippen LogP contribution in [0.2, 0.25) is 5.02 Å². The summed E-state index contributed by atoms with van der Waals surface area (Å²) in [5.41, 5.74) is -0.351. The molecule has 6 nitrogen and oxygen atoms in total. The Kier molecular flexibility index (Phi) is 7.77. The van der Waals surface area contributed by atoms with Crippen LogP contribution in [0.3, 0.4) is 0 Å². The van der Waals surface area contributed by atoms with Gasteiger partial charge in [0.15, 0.2) is 11.5 Å². The SMILES string of the molecule is COC(=O)c1cc(NC(=O)/C=C/c2cc(Cl)c(OC(C)C)c(OC)c2)c(F)cc1F. The smallest absolute Gasteiger partial charge is 0.340 e. The summed E-state index contributed by atoms with van der Waals surface area (Å²) >= 11 is 6.23. The highest BCUT2D eigenvalue weighted by molar-refractivity contribution is 6.32. The maximum Gasteiger partial charge on any atom is 0.340 e. The Labute approximate surface area is 177 Å². The summed E-state index contributed by atoms with van der Waals surface area (Å²) in [4.78, 5) is 23.7. The van der Waals surface area contributed by atoms with Crippen molar-refractivity contribution in [2.24, 2.45) is 0 Å². The number of amides is 1. The zero-order chi connectivity index (χ0) is 22.4. The van der Waals surface area contributed by atoms with Crippen molar-refractivity contribution in [2.75, 3.05) is 19.5 Å². The predicted molar refractivity (Wildman–Crippen MR) is 109 cm³/mol. The molecule has 0 unspecified atom stereocenters. The lowest BCUT2D eigenvalue weighted by molar-refractivity contribution is -0.111. The van der Waals surface area contributed by atoms with Crippen LogP contribution in [0.25, 0.3) is 6.08 Å². The van der Waals surface area contributed by atoms with E-state index in [4.69, 9.17) is 21.1 Å². The number of anilines is 1. The maximum atomic E-state index is 13.9. The molecule has 0 atom stereocenters. The molecule has 30 heavy (non-hydrogen) atoms. The standard InChI is InChI=1S/C21H20ClF2NO5/c1-11(2)30-20-14(22)7-12(8-18(20)28-3)5-6-19(26)25-17-9-13(21(27)29-4)15(23)10-16(17)24/h5-11H,1-4H3,(H,25,26)/b6-5+. The summed E-state index contributed by atoms with van der Waals surface area (Å²) in [7, 11) is 2.51. The molecule has 0 saturated carbocycles. The molecule has 0 saturated heterocycles. The summed E-state index contributed by atoms with van der Waals surface area (Å²) in [5.74, 6) is -3.10. The van der Waals surface area contributed by atoms with Gasteiger partial charge in [0.05, 0.1) is 36.6 Å². The van der Waals surface area contributed by atoms with E-state index in [2.05, 4.69) is 10.1 Å². The van der Waals surface area contributed by atoms with Crippen molar-refractivity contribution in [3.8, 4) is 11.5 Å². The third-order valence-electron chi connectivity index (χ3n) is 3.75. The largest absolute Gasteiger partial charge is 0.493 e. The molecule has 0 aliphatic heterocycles. The maximum absolute atomic E-state index is 13.9. The van der Waals surface area contributed by atoms with E-state index in [0.717, 1.165) is 19.3 Å². The average Bonchev–Trinajstić information content (AvgIpc) is 2.69. The van der Waals surface area contributed by atoms with Crippen LogP contribution in [0, 0.1) is 11.6 Å². The zero-order valence-corrected chi connectivity index (χ0v) is 17.5. The molecule has 0 fully saturated rings. The van der Waals surface area contributed by atoms with Gasteiger partial charge in [0.2, 0.25) is 5.91 Å². The van der Waals surface area contributed by atoms with E-state index in [1.807, 2.05) is 13.8 Å². The van der Waals surface area contributed by atoms with E-state index in [-0.39, 0.29) is 16.8 Å². The van der Waals surface area contributed by atoms with Crippen LogP contribution in [-0.4, -0.2) is 32.2 Å². The number of esters is 1. The quantitative estimate of drug-likeness (QED) is 0.493. The highest BCUT2D eigenvalue weighted by Crippen LogP contribution is 2.37. The number of hydrogen-bond donors (Lipinski definition) is 1. The molecule has 0 spiro atoms. The van der Waals surface area contributed by atoms with Crippen LogP contribution >= 0.6 is 11.6 Å². The third kappa shape index (κ3) is 5.70. The molecule has 0 aliphatic carbocycles. The summed E-state index contributed by atoms with van der Waals surface area (Å²) in [5, 5.41) is 2.53. The molecule has 0 aromatic heterocycles. The van der Waals surface area contributed by atoms with Gasteiger partial charge in [0, 0.05) is 12.1 Å². The molecular formula is C21H20ClF2NO5. The number of carbonyl (C=O) groups excluding carboxylic acids is 2. The number of benzene rings is 2. The van der Waals surface area contributed by atoms with Gasteiger partial charge in [-0.1, -0.05) is 11.6 Å². The van der Waals surface area contributed by atoms with Crippen LogP contribution < -0.4 is 14.8 Å². The van der Waals surface area contributed by atoms with Gasteiger partial charge in [-0.3, -0.25) is 4.79 Å². The summed E-state index contributed by atoms with van der Waals surface area (Å²) in [6, 6.07) is 4.53. The minimum atomic E-state index is -1.10. The van der Waals surface area contributed by atoms with Crippen LogP contribution in [0.4, 0.5) is 14.5 Å². The molecule has 1 amide bonds. The molecule has 0 aliphatic rings. The van der Waals surface area contributed by atoms with Crippen LogP contribution in [-0.2, 0) is 9.53 Å². The fraction of sp³-hybridized carbons (Fsp3) is 0.238. The molecule has 9 heteroatoms. The Morgan fingerprint density at radius 3 is 2.40 bits per heavy atom. The number of carbonyl (C=O) groups is 2. The fourth-order valence-corrected chi connectivity index (χ4v) is 2.71. The molecule has 2 aromatic carbocycles. The van der Waals surface area contributed by atoms with E-state index >= 15 is 0 Å². The summed E-state index contributed by atoms with van der Waals surface area (Å²) in [6.45, 7) is 3.68. The third-order valence-corrected chi connectivity index (χ3v) is 4.03. The van der Waals surface area contributed by atoms with Crippen LogP contribution in [0.1, 0.15) is 29.8 Å². The van der Waals surface area contributed by atoms with Gasteiger partial charge in [0.1, 0.15) is 11.6 Å². The van der Waals surface area contributed by atoms with Crippen LogP contribution in [0.5, 0.6) is 11.5 Å². The highest BCUT2D eigenvalue weighted by Gasteiger charge is 2.17. The van der Waals surface area contributed by atoms with E-state index in [9.17, 15) is 18.4 Å². The van der Waals surface area contributed by atoms with Crippen molar-refractivity contribution in [3.63, 3.8) is 0 Å². The first-order chi connectivity index (χ1) is 14.2. The number of halogens is 3. The average molecular weight is 440 g/mol. The van der Waals surface area contributed by atoms with Gasteiger partial charge in [-0.05, 0) is 43.7 Å². The fourth-order valence-electron chi connectivity index (χ4n) is 2.44. The number of nitrogens with one attached hydrogen (secondary N) is 1. The minimum absolute atomic E-state index is 0.121. The number of rotatable bonds is 7. The van der Waals surface area contributed by atoms with Crippen molar-refractivity contribution < 1.29 is 32.6 Å². The van der Waals surface area contributed by atoms with Crippen LogP contribution in [0.15, 0.2) is 30.3 Å². The first kappa shape index (κ1) is 23.2. The lowest BCUT2D eigenvalue weighted by Gasteiger charge is -2.15. The second kappa shape index (κ2) is 10.1. The molecule has 2 rings (SSSR count). The Balaban J connectivity index is 2.23. The topological polar surface area (TPSA) is 73.9 Å². The Hall–Kier alpha value is -3.13. The van der Waals surface area contributed by atoms with Gasteiger partial charge in [-0.15, -0.1) is 0 Å². The van der Waals surface area contributed by atoms with E-state index in [0.29, 0.717) is 23.1 Å². The van der Waals surface area contributed by atoms with Crippen molar-refractivity contribution in [1.29, 1.82) is 0 Å². The second-order valence-electron chi connectivity index (χ2n) is 6.33. The molecule has 1 N–H and O–H groups in total. The van der Waals surface area contributed by atoms with Crippen molar-refractivity contribution in [3.05, 3.63) is 58.1 Å². The Morgan fingerprint density at radius 2 is 1.80 bits per heavy atom. The monoisotopic (exact) mass is 439 g/mol. The van der Waals surface area contributed by atoms with E-state index < -0.39 is 29.1 Å². The molecule has 2 aromatic rings. The molecule has 0 radical (unpaired) electrons. The molecule has 160 valence electrons. The molecular weight excluding hydrogens is 420 g/mol. The van der Waals surface area contributed by atoms with E-state index in [1.54, 1.807) is 12.1 Å². The Bertz CT molecular complexity index is 992. The Morgan fingerprint density at radius 1 is 1.10 bits per heavy atom. The van der Waals surface area contributed by atoms with E-state index in [1.165, 1.54) is 13.2 Å². The number of methoxy groups -OCH3 is 2. The van der Waals surface area contributed by atoms with Gasteiger partial charge in [-0.25, -0.2) is 13.6 Å². The molecule has 0 heterocycles. The lowest BCUT2D eigenvalue weighted by atomic mass is 10.1. The normalized spacial score (nSPS) is 10.9. The van der Waals surface area contributed by atoms with Crippen molar-refractivity contribution in [1.82, 2.24) is 0 Å². The van der Waals surface area contributed by atoms with Gasteiger partial charge in [-0.2, -0.15) is 0 Å². The zero-order valence-electron chi connectivity index (χ0n) is 16.7.